The van der Waals surface area contributed by atoms with Crippen LogP contribution in [0.2, 0.25) is 0 Å². The van der Waals surface area contributed by atoms with Crippen molar-refractivity contribution in [2.75, 3.05) is 39.5 Å². The van der Waals surface area contributed by atoms with Gasteiger partial charge in [-0.3, -0.25) is 0 Å². The van der Waals surface area contributed by atoms with Crippen LogP contribution in [0.4, 0.5) is 0 Å². The van der Waals surface area contributed by atoms with Crippen LogP contribution in [0, 0.1) is 5.92 Å². The lowest BCUT2D eigenvalue weighted by Crippen LogP contribution is -2.41. The summed E-state index contributed by atoms with van der Waals surface area (Å²) in [7, 11) is 0. The Labute approximate surface area is 150 Å². The number of aliphatic hydroxyl groups is 1. The van der Waals surface area contributed by atoms with E-state index in [1.165, 1.54) is 12.8 Å². The van der Waals surface area contributed by atoms with Gasteiger partial charge in [0.15, 0.2) is 17.6 Å². The monoisotopic (exact) mass is 357 g/mol. The minimum Gasteiger partial charge on any atom is -0.486 e. The molecule has 1 N–H and O–H groups in total. The van der Waals surface area contributed by atoms with Gasteiger partial charge < -0.3 is 24.2 Å². The fraction of sp³-hybridized carbons (Fsp3) is 0.667. The zero-order valence-electron chi connectivity index (χ0n) is 14.2. The predicted molar refractivity (Wildman–Crippen MR) is 95.3 cm³/mol. The first-order valence-electron chi connectivity index (χ1n) is 8.57. The molecule has 0 aromatic heterocycles. The van der Waals surface area contributed by atoms with Gasteiger partial charge in [0, 0.05) is 13.1 Å². The Morgan fingerprint density at radius 1 is 1.33 bits per heavy atom. The Morgan fingerprint density at radius 3 is 2.92 bits per heavy atom. The second-order valence-corrected chi connectivity index (χ2v) is 6.70. The lowest BCUT2D eigenvalue weighted by atomic mass is 10.0. The second kappa shape index (κ2) is 9.47. The van der Waals surface area contributed by atoms with Crippen LogP contribution in [-0.2, 0) is 4.74 Å². The average molecular weight is 358 g/mol. The lowest BCUT2D eigenvalue weighted by Gasteiger charge is -2.32. The van der Waals surface area contributed by atoms with Crippen molar-refractivity contribution >= 4 is 12.4 Å². The number of hydrogen-bond donors (Lipinski definition) is 1. The van der Waals surface area contributed by atoms with Crippen molar-refractivity contribution < 1.29 is 19.3 Å². The molecular weight excluding hydrogens is 330 g/mol. The zero-order chi connectivity index (χ0) is 16.1. The molecule has 3 unspecified atom stereocenters. The number of nitrogens with zero attached hydrogens (tertiary/aromatic N) is 1. The third-order valence-electron chi connectivity index (χ3n) is 4.39. The largest absolute Gasteiger partial charge is 0.486 e. The van der Waals surface area contributed by atoms with E-state index in [0.717, 1.165) is 30.5 Å². The van der Waals surface area contributed by atoms with Gasteiger partial charge in [0.25, 0.3) is 0 Å². The van der Waals surface area contributed by atoms with E-state index in [4.69, 9.17) is 14.2 Å². The smallest absolute Gasteiger partial charge is 0.161 e. The molecule has 24 heavy (non-hydrogen) atoms. The highest BCUT2D eigenvalue weighted by Gasteiger charge is 2.22. The van der Waals surface area contributed by atoms with E-state index >= 15 is 0 Å². The third-order valence-corrected chi connectivity index (χ3v) is 4.39. The zero-order valence-corrected chi connectivity index (χ0v) is 15.0. The van der Waals surface area contributed by atoms with Crippen molar-refractivity contribution in [1.82, 2.24) is 4.90 Å². The topological polar surface area (TPSA) is 51.2 Å². The number of aliphatic hydroxyl groups excluding tert-OH is 1. The highest BCUT2D eigenvalue weighted by molar-refractivity contribution is 5.85. The van der Waals surface area contributed by atoms with Crippen molar-refractivity contribution in [3.63, 3.8) is 0 Å². The van der Waals surface area contributed by atoms with Gasteiger partial charge in [-0.25, -0.2) is 0 Å². The summed E-state index contributed by atoms with van der Waals surface area (Å²) in [6.45, 7) is 6.37. The minimum absolute atomic E-state index is 0. The molecule has 0 bridgehead atoms. The molecule has 0 saturated carbocycles. The number of halogens is 1. The molecule has 3 atom stereocenters. The van der Waals surface area contributed by atoms with Crippen LogP contribution in [0.1, 0.15) is 19.8 Å². The molecular formula is C18H28ClNO4. The number of benzene rings is 1. The summed E-state index contributed by atoms with van der Waals surface area (Å²) in [4.78, 5) is 2.33. The van der Waals surface area contributed by atoms with Crippen molar-refractivity contribution in [3.05, 3.63) is 24.3 Å². The molecule has 1 aromatic rings. The van der Waals surface area contributed by atoms with E-state index in [0.29, 0.717) is 26.4 Å². The fourth-order valence-corrected chi connectivity index (χ4v) is 3.28. The van der Waals surface area contributed by atoms with Gasteiger partial charge in [-0.2, -0.15) is 0 Å². The Kier molecular flexibility index (Phi) is 7.62. The number of piperidine rings is 1. The van der Waals surface area contributed by atoms with E-state index < -0.39 is 6.10 Å². The quantitative estimate of drug-likeness (QED) is 0.847. The molecule has 6 heteroatoms. The fourth-order valence-electron chi connectivity index (χ4n) is 3.28. The summed E-state index contributed by atoms with van der Waals surface area (Å²) < 4.78 is 17.1. The van der Waals surface area contributed by atoms with Crippen LogP contribution in [0.5, 0.6) is 11.5 Å². The van der Waals surface area contributed by atoms with Gasteiger partial charge in [0.2, 0.25) is 0 Å². The average Bonchev–Trinajstić information content (AvgIpc) is 2.55. The normalized spacial score (nSPS) is 24.9. The SMILES string of the molecule is CC1CCCN(CC(O)COCC2COc3ccccc3O2)C1.Cl. The molecule has 2 aliphatic heterocycles. The third kappa shape index (κ3) is 5.52. The van der Waals surface area contributed by atoms with Crippen LogP contribution >= 0.6 is 12.4 Å². The maximum absolute atomic E-state index is 10.1. The Hall–Kier alpha value is -1.01. The summed E-state index contributed by atoms with van der Waals surface area (Å²) in [6, 6.07) is 7.65. The summed E-state index contributed by atoms with van der Waals surface area (Å²) in [6.07, 6.45) is 1.95. The van der Waals surface area contributed by atoms with Gasteiger partial charge in [0.1, 0.15) is 6.61 Å². The highest BCUT2D eigenvalue weighted by atomic mass is 35.5. The van der Waals surface area contributed by atoms with E-state index in [1.54, 1.807) is 0 Å². The Balaban J connectivity index is 0.00000208. The molecule has 0 aliphatic carbocycles. The number of ether oxygens (including phenoxy) is 3. The number of β-amino-alcohol motifs (C(OH)–C–C–N with tert-alkyl or cyclic N) is 1. The molecule has 3 rings (SSSR count). The van der Waals surface area contributed by atoms with E-state index in [1.807, 2.05) is 24.3 Å². The van der Waals surface area contributed by atoms with Crippen molar-refractivity contribution in [2.24, 2.45) is 5.92 Å². The van der Waals surface area contributed by atoms with Crippen LogP contribution in [0.15, 0.2) is 24.3 Å². The molecule has 0 amide bonds. The molecule has 1 saturated heterocycles. The molecule has 1 fully saturated rings. The maximum atomic E-state index is 10.1. The minimum atomic E-state index is -0.447. The molecule has 2 heterocycles. The molecule has 1 aromatic carbocycles. The van der Waals surface area contributed by atoms with Crippen molar-refractivity contribution in [3.8, 4) is 11.5 Å². The summed E-state index contributed by atoms with van der Waals surface area (Å²) in [5.74, 6) is 2.27. The van der Waals surface area contributed by atoms with Gasteiger partial charge in [-0.05, 0) is 37.4 Å². The summed E-state index contributed by atoms with van der Waals surface area (Å²) in [5.41, 5.74) is 0. The maximum Gasteiger partial charge on any atom is 0.161 e. The molecule has 5 nitrogen and oxygen atoms in total. The molecule has 2 aliphatic rings. The van der Waals surface area contributed by atoms with Crippen LogP contribution in [0.25, 0.3) is 0 Å². The first-order valence-corrected chi connectivity index (χ1v) is 8.57. The van der Waals surface area contributed by atoms with Gasteiger partial charge >= 0.3 is 0 Å². The first-order chi connectivity index (χ1) is 11.2. The number of rotatable bonds is 6. The second-order valence-electron chi connectivity index (χ2n) is 6.70. The summed E-state index contributed by atoms with van der Waals surface area (Å²) in [5, 5.41) is 10.1. The molecule has 0 radical (unpaired) electrons. The van der Waals surface area contributed by atoms with Gasteiger partial charge in [0.05, 0.1) is 19.3 Å². The van der Waals surface area contributed by atoms with Crippen LogP contribution < -0.4 is 9.47 Å². The summed E-state index contributed by atoms with van der Waals surface area (Å²) >= 11 is 0. The highest BCUT2D eigenvalue weighted by Crippen LogP contribution is 2.30. The van der Waals surface area contributed by atoms with E-state index in [2.05, 4.69) is 11.8 Å². The standard InChI is InChI=1S/C18H27NO4.ClH/c1-14-5-4-8-19(9-14)10-15(20)11-21-12-16-13-22-17-6-2-3-7-18(17)23-16;/h2-3,6-7,14-16,20H,4-5,8-13H2,1H3;1H. The molecule has 0 spiro atoms. The molecule has 136 valence electrons. The van der Waals surface area contributed by atoms with E-state index in [-0.39, 0.29) is 18.5 Å². The van der Waals surface area contributed by atoms with Gasteiger partial charge in [-0.1, -0.05) is 19.1 Å². The predicted octanol–water partition coefficient (Wildman–Crippen LogP) is 2.36. The number of para-hydroxylation sites is 2. The van der Waals surface area contributed by atoms with Crippen LogP contribution in [0.3, 0.4) is 0 Å². The number of likely N-dealkylation sites (tertiary alicyclic amines) is 1. The number of hydrogen-bond acceptors (Lipinski definition) is 5. The number of fused-ring (bicyclic) bond motifs is 1. The van der Waals surface area contributed by atoms with Crippen molar-refractivity contribution in [2.45, 2.75) is 32.0 Å². The van der Waals surface area contributed by atoms with E-state index in [9.17, 15) is 5.11 Å². The van der Waals surface area contributed by atoms with Crippen molar-refractivity contribution in [1.29, 1.82) is 0 Å². The van der Waals surface area contributed by atoms with Gasteiger partial charge in [-0.15, -0.1) is 12.4 Å². The van der Waals surface area contributed by atoms with Crippen LogP contribution in [-0.4, -0.2) is 61.7 Å². The lowest BCUT2D eigenvalue weighted by molar-refractivity contribution is -0.0313. The first kappa shape index (κ1) is 19.3. The Bertz CT molecular complexity index is 502. The Morgan fingerprint density at radius 2 is 2.12 bits per heavy atom.